The van der Waals surface area contributed by atoms with Gasteiger partial charge in [0, 0.05) is 36.2 Å². The minimum Gasteiger partial charge on any atom is -0.392 e. The summed E-state index contributed by atoms with van der Waals surface area (Å²) < 4.78 is 5.14. The number of carbonyl (C=O) groups excluding carboxylic acids is 1. The lowest BCUT2D eigenvalue weighted by Crippen LogP contribution is -2.16. The van der Waals surface area contributed by atoms with Crippen LogP contribution in [0.3, 0.4) is 0 Å². The number of hydrogen-bond donors (Lipinski definition) is 3. The number of allylic oxidation sites excluding steroid dienone is 1. The van der Waals surface area contributed by atoms with Crippen molar-refractivity contribution >= 4 is 30.2 Å². The van der Waals surface area contributed by atoms with Gasteiger partial charge in [-0.25, -0.2) is 9.97 Å². The number of aliphatic hydroxyl groups is 1. The van der Waals surface area contributed by atoms with E-state index in [-0.39, 0.29) is 13.0 Å². The van der Waals surface area contributed by atoms with Gasteiger partial charge in [-0.2, -0.15) is 0 Å². The van der Waals surface area contributed by atoms with Crippen LogP contribution >= 0.6 is 11.6 Å². The zero-order valence-electron chi connectivity index (χ0n) is 19.5. The molecular formula is C24H34ClN5O3. The van der Waals surface area contributed by atoms with E-state index in [0.717, 1.165) is 30.3 Å². The van der Waals surface area contributed by atoms with Crippen LogP contribution < -0.4 is 10.6 Å². The van der Waals surface area contributed by atoms with Crippen LogP contribution in [0, 0.1) is 25.2 Å². The second-order valence-electron chi connectivity index (χ2n) is 7.53. The van der Waals surface area contributed by atoms with Gasteiger partial charge >= 0.3 is 0 Å². The van der Waals surface area contributed by atoms with Gasteiger partial charge in [-0.3, -0.25) is 15.1 Å². The summed E-state index contributed by atoms with van der Waals surface area (Å²) in [6, 6.07) is 5.58. The number of nitrogens with zero attached hydrogens (tertiary/aromatic N) is 3. The van der Waals surface area contributed by atoms with Crippen LogP contribution in [0.2, 0.25) is 5.02 Å². The second-order valence-corrected chi connectivity index (χ2v) is 7.91. The molecule has 0 saturated carbocycles. The fourth-order valence-electron chi connectivity index (χ4n) is 2.98. The lowest BCUT2D eigenvalue weighted by Gasteiger charge is -2.16. The van der Waals surface area contributed by atoms with E-state index in [9.17, 15) is 5.11 Å². The lowest BCUT2D eigenvalue weighted by molar-refractivity contribution is -0.106. The Balaban J connectivity index is 0.000000451. The van der Waals surface area contributed by atoms with E-state index in [1.54, 1.807) is 23.4 Å². The van der Waals surface area contributed by atoms with E-state index in [2.05, 4.69) is 22.6 Å². The zero-order valence-corrected chi connectivity index (χ0v) is 20.3. The maximum absolute atomic E-state index is 9.25. The van der Waals surface area contributed by atoms with Crippen molar-refractivity contribution in [2.75, 3.05) is 18.1 Å². The highest BCUT2D eigenvalue weighted by Crippen LogP contribution is 2.22. The Kier molecular flexibility index (Phi) is 13.6. The summed E-state index contributed by atoms with van der Waals surface area (Å²) in [5.74, 6) is 2.25. The number of primary amides is 1. The Morgan fingerprint density at radius 2 is 1.94 bits per heavy atom. The molecule has 2 heterocycles. The van der Waals surface area contributed by atoms with Crippen molar-refractivity contribution in [3.63, 3.8) is 0 Å². The summed E-state index contributed by atoms with van der Waals surface area (Å²) in [5, 5.41) is 17.4. The van der Waals surface area contributed by atoms with Gasteiger partial charge in [-0.1, -0.05) is 42.8 Å². The molecule has 3 rings (SSSR count). The van der Waals surface area contributed by atoms with Crippen LogP contribution in [-0.4, -0.2) is 41.0 Å². The minimum absolute atomic E-state index is 0.0809. The molecule has 1 aliphatic rings. The SMILES string of the molecule is CC1CCOCC1.Cc1ncc(C)c(N(C=N)/C=C/Cc2cccc(CO)c2Cl)n1.NC=O. The van der Waals surface area contributed by atoms with Crippen molar-refractivity contribution in [1.82, 2.24) is 9.97 Å². The number of aryl methyl sites for hydroxylation is 2. The van der Waals surface area contributed by atoms with Gasteiger partial charge in [-0.15, -0.1) is 0 Å². The monoisotopic (exact) mass is 475 g/mol. The smallest absolute Gasteiger partial charge is 0.204 e. The van der Waals surface area contributed by atoms with Crippen molar-refractivity contribution in [1.29, 1.82) is 5.41 Å². The molecular weight excluding hydrogens is 442 g/mol. The standard InChI is InChI=1S/C17H19ClN4O.C6H12O.CH3NO/c1-12-9-20-13(2)21-17(12)22(11-19)8-4-7-14-5-3-6-15(10-23)16(14)18;1-6-2-4-7-5-3-6;2-1-3/h3-6,8-9,11,19,23H,7,10H2,1-2H3;6H,2-5H2,1H3;1H,(H2,2,3)/b8-4+,19-11?;;. The first kappa shape index (κ1) is 28.2. The summed E-state index contributed by atoms with van der Waals surface area (Å²) in [4.78, 5) is 18.7. The van der Waals surface area contributed by atoms with Gasteiger partial charge in [-0.05, 0) is 50.2 Å². The Bertz CT molecular complexity index is 902. The number of benzene rings is 1. The maximum Gasteiger partial charge on any atom is 0.204 e. The molecule has 1 aromatic heterocycles. The Hall–Kier alpha value is -2.81. The lowest BCUT2D eigenvalue weighted by atomic mass is 10.0. The van der Waals surface area contributed by atoms with Gasteiger partial charge in [0.1, 0.15) is 11.6 Å². The molecule has 4 N–H and O–H groups in total. The van der Waals surface area contributed by atoms with E-state index in [4.69, 9.17) is 26.5 Å². The van der Waals surface area contributed by atoms with Crippen molar-refractivity contribution in [2.45, 2.75) is 46.6 Å². The highest BCUT2D eigenvalue weighted by molar-refractivity contribution is 6.32. The number of anilines is 1. The van der Waals surface area contributed by atoms with Crippen LogP contribution in [0.15, 0.2) is 36.7 Å². The molecule has 33 heavy (non-hydrogen) atoms. The molecule has 8 nitrogen and oxygen atoms in total. The highest BCUT2D eigenvalue weighted by Gasteiger charge is 2.08. The predicted octanol–water partition coefficient (Wildman–Crippen LogP) is 3.94. The fourth-order valence-corrected chi connectivity index (χ4v) is 3.24. The molecule has 9 heteroatoms. The number of ether oxygens (including phenoxy) is 1. The summed E-state index contributed by atoms with van der Waals surface area (Å²) in [7, 11) is 0. The normalized spacial score (nSPS) is 13.4. The number of aliphatic hydroxyl groups excluding tert-OH is 1. The van der Waals surface area contributed by atoms with Gasteiger partial charge < -0.3 is 15.6 Å². The van der Waals surface area contributed by atoms with Crippen LogP contribution in [0.4, 0.5) is 5.82 Å². The zero-order chi connectivity index (χ0) is 24.6. The van der Waals surface area contributed by atoms with E-state index < -0.39 is 0 Å². The average molecular weight is 476 g/mol. The van der Waals surface area contributed by atoms with Crippen LogP contribution in [0.5, 0.6) is 0 Å². The van der Waals surface area contributed by atoms with Crippen molar-refractivity contribution in [3.8, 4) is 0 Å². The summed E-state index contributed by atoms with van der Waals surface area (Å²) in [6.07, 6.45) is 10.0. The molecule has 1 aromatic carbocycles. The number of halogens is 1. The number of hydrogen-bond acceptors (Lipinski definition) is 6. The fraction of sp³-hybridized carbons (Fsp3) is 0.417. The van der Waals surface area contributed by atoms with E-state index in [1.807, 2.05) is 32.1 Å². The molecule has 1 saturated heterocycles. The Morgan fingerprint density at radius 1 is 1.30 bits per heavy atom. The topological polar surface area (TPSA) is 125 Å². The van der Waals surface area contributed by atoms with Crippen molar-refractivity contribution < 1.29 is 14.6 Å². The molecule has 180 valence electrons. The van der Waals surface area contributed by atoms with Gasteiger partial charge in [0.2, 0.25) is 6.41 Å². The molecule has 2 aromatic rings. The maximum atomic E-state index is 9.25. The molecule has 0 bridgehead atoms. The third-order valence-corrected chi connectivity index (χ3v) is 5.38. The molecule has 1 fully saturated rings. The van der Waals surface area contributed by atoms with Crippen LogP contribution in [-0.2, 0) is 22.6 Å². The molecule has 1 amide bonds. The van der Waals surface area contributed by atoms with Crippen molar-refractivity contribution in [3.05, 3.63) is 64.2 Å². The summed E-state index contributed by atoms with van der Waals surface area (Å²) in [5.41, 5.74) is 6.70. The number of amides is 1. The van der Waals surface area contributed by atoms with Gasteiger partial charge in [0.05, 0.1) is 12.9 Å². The summed E-state index contributed by atoms with van der Waals surface area (Å²) in [6.45, 7) is 7.89. The number of nitrogens with one attached hydrogen (secondary N) is 1. The van der Waals surface area contributed by atoms with Crippen LogP contribution in [0.1, 0.15) is 42.3 Å². The first-order valence-electron chi connectivity index (χ1n) is 10.7. The number of aromatic nitrogens is 2. The number of nitrogens with two attached hydrogens (primary N) is 1. The highest BCUT2D eigenvalue weighted by atomic mass is 35.5. The van der Waals surface area contributed by atoms with Gasteiger partial charge in [0.25, 0.3) is 0 Å². The molecule has 0 unspecified atom stereocenters. The first-order chi connectivity index (χ1) is 15.9. The molecule has 0 aliphatic carbocycles. The largest absolute Gasteiger partial charge is 0.392 e. The van der Waals surface area contributed by atoms with E-state index >= 15 is 0 Å². The molecule has 0 atom stereocenters. The minimum atomic E-state index is -0.0809. The number of carbonyl (C=O) groups is 1. The average Bonchev–Trinajstić information content (AvgIpc) is 2.81. The Labute approximate surface area is 201 Å². The molecule has 0 radical (unpaired) electrons. The second kappa shape index (κ2) is 15.9. The summed E-state index contributed by atoms with van der Waals surface area (Å²) >= 11 is 6.25. The van der Waals surface area contributed by atoms with Crippen molar-refractivity contribution in [2.24, 2.45) is 11.7 Å². The van der Waals surface area contributed by atoms with E-state index in [0.29, 0.717) is 28.6 Å². The number of rotatable bonds is 6. The predicted molar refractivity (Wildman–Crippen MR) is 132 cm³/mol. The Morgan fingerprint density at radius 3 is 2.48 bits per heavy atom. The van der Waals surface area contributed by atoms with Crippen LogP contribution in [0.25, 0.3) is 0 Å². The third-order valence-electron chi connectivity index (χ3n) is 4.89. The molecule has 1 aliphatic heterocycles. The quantitative estimate of drug-likeness (QED) is 0.330. The van der Waals surface area contributed by atoms with E-state index in [1.165, 1.54) is 19.2 Å². The first-order valence-corrected chi connectivity index (χ1v) is 11.1. The third kappa shape index (κ3) is 10.1. The van der Waals surface area contributed by atoms with Gasteiger partial charge in [0.15, 0.2) is 0 Å². The molecule has 0 spiro atoms.